The number of alkyl carbamates (subject to hydrolysis) is 1. The fourth-order valence-electron chi connectivity index (χ4n) is 3.06. The molecule has 1 saturated carbocycles. The first-order valence-corrected chi connectivity index (χ1v) is 10.4. The van der Waals surface area contributed by atoms with Crippen LogP contribution >= 0.6 is 11.6 Å². The monoisotopic (exact) mass is 429 g/mol. The largest absolute Gasteiger partial charge is 0.425 e. The molecule has 1 aliphatic carbocycles. The van der Waals surface area contributed by atoms with E-state index in [0.717, 1.165) is 23.1 Å². The molecule has 28 heavy (non-hydrogen) atoms. The zero-order valence-corrected chi connectivity index (χ0v) is 16.4. The van der Waals surface area contributed by atoms with Gasteiger partial charge in [-0.05, 0) is 31.0 Å². The summed E-state index contributed by atoms with van der Waals surface area (Å²) in [5.41, 5.74) is -0.955. The molecule has 8 nitrogen and oxygen atoms in total. The molecule has 2 atom stereocenters. The van der Waals surface area contributed by atoms with Gasteiger partial charge in [-0.25, -0.2) is 17.6 Å². The molecule has 1 aromatic rings. The first kappa shape index (κ1) is 20.4. The summed E-state index contributed by atoms with van der Waals surface area (Å²) in [4.78, 5) is 24.8. The zero-order chi connectivity index (χ0) is 20.7. The van der Waals surface area contributed by atoms with E-state index in [-0.39, 0.29) is 22.9 Å². The van der Waals surface area contributed by atoms with Crippen molar-refractivity contribution in [2.45, 2.75) is 48.1 Å². The van der Waals surface area contributed by atoms with Crippen LogP contribution in [0, 0.1) is 17.1 Å². The van der Waals surface area contributed by atoms with E-state index < -0.39 is 44.7 Å². The predicted octanol–water partition coefficient (Wildman–Crippen LogP) is 1.98. The van der Waals surface area contributed by atoms with Crippen molar-refractivity contribution in [1.82, 2.24) is 10.2 Å². The van der Waals surface area contributed by atoms with Gasteiger partial charge >= 0.3 is 6.09 Å². The van der Waals surface area contributed by atoms with Crippen molar-refractivity contribution < 1.29 is 27.1 Å². The molecule has 1 N–H and O–H groups in total. The Morgan fingerprint density at radius 3 is 2.64 bits per heavy atom. The average Bonchev–Trinajstić information content (AvgIpc) is 3.23. The van der Waals surface area contributed by atoms with Gasteiger partial charge in [0, 0.05) is 19.9 Å². The normalized spacial score (nSPS) is 23.0. The van der Waals surface area contributed by atoms with Gasteiger partial charge in [-0.3, -0.25) is 4.79 Å². The van der Waals surface area contributed by atoms with Crippen LogP contribution in [0.3, 0.4) is 0 Å². The van der Waals surface area contributed by atoms with Crippen LogP contribution in [0.25, 0.3) is 0 Å². The van der Waals surface area contributed by atoms with Crippen LogP contribution in [-0.2, 0) is 19.4 Å². The van der Waals surface area contributed by atoms with E-state index >= 15 is 0 Å². The fraction of sp³-hybridized carbons (Fsp3) is 0.471. The van der Waals surface area contributed by atoms with Crippen LogP contribution in [0.5, 0.6) is 0 Å². The van der Waals surface area contributed by atoms with Gasteiger partial charge in [0.25, 0.3) is 0 Å². The van der Waals surface area contributed by atoms with Crippen molar-refractivity contribution in [3.05, 3.63) is 29.0 Å². The molecule has 0 radical (unpaired) electrons. The molecule has 1 saturated heterocycles. The van der Waals surface area contributed by atoms with Gasteiger partial charge in [0.2, 0.25) is 5.91 Å². The van der Waals surface area contributed by atoms with E-state index in [4.69, 9.17) is 21.6 Å². The van der Waals surface area contributed by atoms with Gasteiger partial charge in [0.1, 0.15) is 11.4 Å². The lowest BCUT2D eigenvalue weighted by Gasteiger charge is -2.23. The molecule has 1 aliphatic heterocycles. The van der Waals surface area contributed by atoms with Crippen LogP contribution in [-0.4, -0.2) is 48.9 Å². The fourth-order valence-corrected chi connectivity index (χ4v) is 5.27. The first-order chi connectivity index (χ1) is 13.1. The van der Waals surface area contributed by atoms with Gasteiger partial charge in [-0.1, -0.05) is 11.6 Å². The highest BCUT2D eigenvalue weighted by Crippen LogP contribution is 2.35. The minimum atomic E-state index is -4.01. The van der Waals surface area contributed by atoms with E-state index in [1.165, 1.54) is 6.92 Å². The number of hydrogen-bond donors (Lipinski definition) is 1. The van der Waals surface area contributed by atoms with Crippen molar-refractivity contribution >= 4 is 33.4 Å². The maximum Gasteiger partial charge on any atom is 0.410 e. The summed E-state index contributed by atoms with van der Waals surface area (Å²) in [7, 11) is -4.01. The Morgan fingerprint density at radius 1 is 1.43 bits per heavy atom. The lowest BCUT2D eigenvalue weighted by Crippen LogP contribution is -2.42. The lowest BCUT2D eigenvalue weighted by molar-refractivity contribution is -0.135. The summed E-state index contributed by atoms with van der Waals surface area (Å²) in [6, 6.07) is 4.91. The third-order valence-corrected chi connectivity index (χ3v) is 7.42. The van der Waals surface area contributed by atoms with Crippen LogP contribution in [0.2, 0.25) is 5.02 Å². The number of hydrogen-bond acceptors (Lipinski definition) is 6. The molecule has 1 aromatic carbocycles. The number of nitriles is 1. The van der Waals surface area contributed by atoms with Gasteiger partial charge in [-0.15, -0.1) is 0 Å². The Labute approximate surface area is 166 Å². The molecular formula is C17H17ClFN3O5S. The highest BCUT2D eigenvalue weighted by atomic mass is 35.5. The van der Waals surface area contributed by atoms with Crippen molar-refractivity contribution in [1.29, 1.82) is 5.26 Å². The molecule has 2 fully saturated rings. The number of rotatable bonds is 4. The summed E-state index contributed by atoms with van der Waals surface area (Å²) >= 11 is 5.88. The van der Waals surface area contributed by atoms with E-state index in [0.29, 0.717) is 12.8 Å². The molecular weight excluding hydrogens is 413 g/mol. The number of carbonyl (C=O) groups is 2. The second-order valence-electron chi connectivity index (χ2n) is 6.83. The molecule has 0 unspecified atom stereocenters. The number of nitrogens with one attached hydrogen (secondary N) is 1. The third kappa shape index (κ3) is 3.91. The average molecular weight is 430 g/mol. The second kappa shape index (κ2) is 7.22. The van der Waals surface area contributed by atoms with Crippen LogP contribution < -0.4 is 5.32 Å². The molecule has 0 aromatic heterocycles. The third-order valence-electron chi connectivity index (χ3n) is 4.80. The number of carbonyl (C=O) groups excluding carboxylic acids is 2. The van der Waals surface area contributed by atoms with E-state index in [1.54, 1.807) is 0 Å². The molecule has 2 aliphatic rings. The van der Waals surface area contributed by atoms with Crippen LogP contribution in [0.15, 0.2) is 23.1 Å². The topological polar surface area (TPSA) is 117 Å². The van der Waals surface area contributed by atoms with E-state index in [2.05, 4.69) is 5.32 Å². The van der Waals surface area contributed by atoms with Crippen LogP contribution in [0.1, 0.15) is 26.2 Å². The standard InChI is InChI=1S/C17H17ClFN3O5S/c1-10(23)22-8-12(28(25,26)14-3-2-11(19)6-13(14)18)7-15(22)27-16(24)21-17(9-20)4-5-17/h2-3,6,12,15H,4-5,7-8H2,1H3,(H,21,24)/t12-,15+/m1/s1. The summed E-state index contributed by atoms with van der Waals surface area (Å²) in [5.74, 6) is -1.15. The van der Waals surface area contributed by atoms with Gasteiger partial charge in [-0.2, -0.15) is 5.26 Å². The first-order valence-electron chi connectivity index (χ1n) is 8.44. The molecule has 2 amide bonds. The Hall–Kier alpha value is -2.38. The quantitative estimate of drug-likeness (QED) is 0.731. The molecule has 150 valence electrons. The maximum atomic E-state index is 13.2. The van der Waals surface area contributed by atoms with Crippen LogP contribution in [0.4, 0.5) is 9.18 Å². The number of nitrogens with zero attached hydrogens (tertiary/aromatic N) is 2. The number of amides is 2. The summed E-state index contributed by atoms with van der Waals surface area (Å²) in [5, 5.41) is 10.1. The number of sulfone groups is 1. The van der Waals surface area contributed by atoms with Gasteiger partial charge < -0.3 is 15.0 Å². The zero-order valence-electron chi connectivity index (χ0n) is 14.8. The Kier molecular flexibility index (Phi) is 5.25. The molecule has 1 heterocycles. The van der Waals surface area contributed by atoms with Crippen molar-refractivity contribution in [3.8, 4) is 6.07 Å². The number of ether oxygens (including phenoxy) is 1. The minimum Gasteiger partial charge on any atom is -0.425 e. The minimum absolute atomic E-state index is 0.164. The van der Waals surface area contributed by atoms with Gasteiger partial charge in [0.05, 0.1) is 21.2 Å². The summed E-state index contributed by atoms with van der Waals surface area (Å²) in [6.07, 6.45) is -1.17. The Balaban J connectivity index is 1.78. The highest BCUT2D eigenvalue weighted by Gasteiger charge is 2.47. The van der Waals surface area contributed by atoms with Crippen molar-refractivity contribution in [2.75, 3.05) is 6.54 Å². The Morgan fingerprint density at radius 2 is 2.11 bits per heavy atom. The Bertz CT molecular complexity index is 973. The lowest BCUT2D eigenvalue weighted by atomic mass is 10.3. The highest BCUT2D eigenvalue weighted by molar-refractivity contribution is 7.92. The van der Waals surface area contributed by atoms with Gasteiger partial charge in [0.15, 0.2) is 16.1 Å². The van der Waals surface area contributed by atoms with Crippen molar-refractivity contribution in [2.24, 2.45) is 0 Å². The predicted molar refractivity (Wildman–Crippen MR) is 95.4 cm³/mol. The smallest absolute Gasteiger partial charge is 0.410 e. The number of benzene rings is 1. The summed E-state index contributed by atoms with van der Waals surface area (Å²) in [6.45, 7) is 1.03. The molecule has 0 bridgehead atoms. The van der Waals surface area contributed by atoms with E-state index in [9.17, 15) is 22.4 Å². The molecule has 3 rings (SSSR count). The maximum absolute atomic E-state index is 13.2. The SMILES string of the molecule is CC(=O)N1C[C@H](S(=O)(=O)c2ccc(F)cc2Cl)C[C@@H]1OC(=O)NC1(C#N)CC1. The number of halogens is 2. The number of likely N-dealkylation sites (tertiary alicyclic amines) is 1. The van der Waals surface area contributed by atoms with Crippen molar-refractivity contribution in [3.63, 3.8) is 0 Å². The molecule has 11 heteroatoms. The second-order valence-corrected chi connectivity index (χ2v) is 9.43. The summed E-state index contributed by atoms with van der Waals surface area (Å²) < 4.78 is 44.3. The van der Waals surface area contributed by atoms with E-state index in [1.807, 2.05) is 6.07 Å². The molecule has 0 spiro atoms.